The summed E-state index contributed by atoms with van der Waals surface area (Å²) in [6.07, 6.45) is 3.20. The number of nitrogens with one attached hydrogen (secondary N) is 2. The molecule has 6 rings (SSSR count). The van der Waals surface area contributed by atoms with Crippen molar-refractivity contribution in [3.05, 3.63) is 78.3 Å². The van der Waals surface area contributed by atoms with Crippen LogP contribution in [0.2, 0.25) is 0 Å². The van der Waals surface area contributed by atoms with Crippen molar-refractivity contribution in [2.24, 2.45) is 5.92 Å². The van der Waals surface area contributed by atoms with Gasteiger partial charge in [-0.1, -0.05) is 6.07 Å². The minimum absolute atomic E-state index is 0.0802. The summed E-state index contributed by atoms with van der Waals surface area (Å²) < 4.78 is 25.6. The first-order valence-electron chi connectivity index (χ1n) is 14.0. The summed E-state index contributed by atoms with van der Waals surface area (Å²) in [7, 11) is 2.06. The number of imidazole rings is 1. The fourth-order valence-corrected chi connectivity index (χ4v) is 5.02. The van der Waals surface area contributed by atoms with Gasteiger partial charge in [-0.3, -0.25) is 9.78 Å². The molecule has 42 heavy (non-hydrogen) atoms. The minimum atomic E-state index is -0.553. The van der Waals surface area contributed by atoms with Crippen molar-refractivity contribution in [3.63, 3.8) is 0 Å². The van der Waals surface area contributed by atoms with Gasteiger partial charge in [-0.25, -0.2) is 19.3 Å². The molecule has 1 aromatic carbocycles. The largest absolute Gasteiger partial charge is 0.351 e. The molecule has 0 radical (unpaired) electrons. The summed E-state index contributed by atoms with van der Waals surface area (Å²) in [6, 6.07) is 13.7. The number of amides is 1. The molecule has 0 saturated carbocycles. The van der Waals surface area contributed by atoms with E-state index in [1.807, 2.05) is 23.1 Å². The Bertz CT molecular complexity index is 1480. The molecule has 12 heteroatoms. The second-order valence-electron chi connectivity index (χ2n) is 10.5. The van der Waals surface area contributed by atoms with E-state index in [2.05, 4.69) is 32.2 Å². The molecule has 2 aliphatic rings. The van der Waals surface area contributed by atoms with Gasteiger partial charge in [0.15, 0.2) is 6.29 Å². The molecule has 0 spiro atoms. The van der Waals surface area contributed by atoms with Gasteiger partial charge in [0.25, 0.3) is 0 Å². The molecule has 218 valence electrons. The lowest BCUT2D eigenvalue weighted by Crippen LogP contribution is -2.51. The average molecular weight is 573 g/mol. The van der Waals surface area contributed by atoms with E-state index in [0.29, 0.717) is 55.0 Å². The number of hydrogen-bond donors (Lipinski definition) is 2. The van der Waals surface area contributed by atoms with Gasteiger partial charge < -0.3 is 29.6 Å². The summed E-state index contributed by atoms with van der Waals surface area (Å²) in [5, 5.41) is 3.21. The van der Waals surface area contributed by atoms with Crippen molar-refractivity contribution < 1.29 is 18.7 Å². The summed E-state index contributed by atoms with van der Waals surface area (Å²) in [5.41, 5.74) is 3.51. The van der Waals surface area contributed by atoms with Crippen LogP contribution in [0.15, 0.2) is 60.9 Å². The summed E-state index contributed by atoms with van der Waals surface area (Å²) in [4.78, 5) is 38.6. The molecule has 2 fully saturated rings. The predicted octanol–water partition coefficient (Wildman–Crippen LogP) is 2.99. The number of likely N-dealkylation sites (N-methyl/N-ethyl adjacent to an activating group) is 1. The predicted molar refractivity (Wildman–Crippen MR) is 154 cm³/mol. The molecule has 2 aliphatic heterocycles. The molecule has 2 N–H and O–H groups in total. The van der Waals surface area contributed by atoms with Crippen LogP contribution in [0.25, 0.3) is 22.6 Å². The van der Waals surface area contributed by atoms with E-state index >= 15 is 0 Å². The lowest BCUT2D eigenvalue weighted by molar-refractivity contribution is -0.204. The highest BCUT2D eigenvalue weighted by molar-refractivity contribution is 5.79. The van der Waals surface area contributed by atoms with Crippen molar-refractivity contribution in [2.75, 3.05) is 51.8 Å². The molecule has 0 atom stereocenters. The molecular weight excluding hydrogens is 539 g/mol. The number of aromatic amines is 1. The maximum atomic E-state index is 13.7. The molecule has 4 aromatic rings. The maximum absolute atomic E-state index is 13.7. The topological polar surface area (TPSA) is 121 Å². The van der Waals surface area contributed by atoms with Gasteiger partial charge in [-0.15, -0.1) is 0 Å². The van der Waals surface area contributed by atoms with E-state index < -0.39 is 6.29 Å². The first-order chi connectivity index (χ1) is 20.5. The zero-order valence-corrected chi connectivity index (χ0v) is 23.4. The fraction of sp³-hybridized carbons (Fsp3) is 0.367. The van der Waals surface area contributed by atoms with Crippen LogP contribution in [0.1, 0.15) is 11.5 Å². The Hall–Kier alpha value is -4.26. The zero-order valence-electron chi connectivity index (χ0n) is 23.4. The maximum Gasteiger partial charge on any atom is 0.230 e. The number of benzene rings is 1. The standard InChI is InChI=1S/C30H33FN8O3/c1-38-12-14-39(15-13-38)29(40)21-18-41-26(42-19-21)16-25-36-27(20-5-7-22(31)8-6-20)28(37-25)24-9-11-33-30(35-24)34-17-23-4-2-3-10-32-23/h2-11,21,26H,12-19H2,1H3,(H,36,37)(H,33,34,35). The molecule has 11 nitrogen and oxygen atoms in total. The Kier molecular flexibility index (Phi) is 8.45. The monoisotopic (exact) mass is 572 g/mol. The van der Waals surface area contributed by atoms with Gasteiger partial charge in [0.2, 0.25) is 11.9 Å². The quantitative estimate of drug-likeness (QED) is 0.328. The number of aromatic nitrogens is 5. The second kappa shape index (κ2) is 12.7. The smallest absolute Gasteiger partial charge is 0.230 e. The number of anilines is 1. The van der Waals surface area contributed by atoms with Gasteiger partial charge in [-0.05, 0) is 49.5 Å². The Morgan fingerprint density at radius 2 is 1.79 bits per heavy atom. The van der Waals surface area contributed by atoms with E-state index in [9.17, 15) is 9.18 Å². The van der Waals surface area contributed by atoms with E-state index in [1.165, 1.54) is 12.1 Å². The lowest BCUT2D eigenvalue weighted by Gasteiger charge is -2.36. The molecule has 5 heterocycles. The minimum Gasteiger partial charge on any atom is -0.351 e. The SMILES string of the molecule is CN1CCN(C(=O)C2COC(Cc3nc(-c4ccc(F)cc4)c(-c4ccnc(NCc5ccccn5)n4)[nH]3)OC2)CC1. The number of hydrogen-bond acceptors (Lipinski definition) is 9. The van der Waals surface area contributed by atoms with E-state index in [4.69, 9.17) is 19.4 Å². The third kappa shape index (κ3) is 6.62. The van der Waals surface area contributed by atoms with Crippen molar-refractivity contribution in [2.45, 2.75) is 19.3 Å². The Balaban J connectivity index is 1.17. The third-order valence-corrected chi connectivity index (χ3v) is 7.43. The number of carbonyl (C=O) groups is 1. The fourth-order valence-electron chi connectivity index (χ4n) is 5.02. The van der Waals surface area contributed by atoms with Crippen LogP contribution in [-0.2, 0) is 27.2 Å². The third-order valence-electron chi connectivity index (χ3n) is 7.43. The Morgan fingerprint density at radius 3 is 2.52 bits per heavy atom. The molecule has 3 aromatic heterocycles. The van der Waals surface area contributed by atoms with E-state index in [-0.39, 0.29) is 17.6 Å². The van der Waals surface area contributed by atoms with Crippen LogP contribution >= 0.6 is 0 Å². The number of halogens is 1. The highest BCUT2D eigenvalue weighted by Gasteiger charge is 2.32. The van der Waals surface area contributed by atoms with Crippen molar-refractivity contribution >= 4 is 11.9 Å². The van der Waals surface area contributed by atoms with Crippen molar-refractivity contribution in [3.8, 4) is 22.6 Å². The first-order valence-corrected chi connectivity index (χ1v) is 14.0. The molecule has 0 bridgehead atoms. The van der Waals surface area contributed by atoms with Crippen LogP contribution in [0.4, 0.5) is 10.3 Å². The van der Waals surface area contributed by atoms with Crippen molar-refractivity contribution in [1.29, 1.82) is 0 Å². The van der Waals surface area contributed by atoms with Crippen LogP contribution < -0.4 is 5.32 Å². The summed E-state index contributed by atoms with van der Waals surface area (Å²) in [6.45, 7) is 4.25. The number of H-pyrrole nitrogens is 1. The van der Waals surface area contributed by atoms with Gasteiger partial charge >= 0.3 is 0 Å². The van der Waals surface area contributed by atoms with Gasteiger partial charge in [0, 0.05) is 44.1 Å². The van der Waals surface area contributed by atoms with Crippen LogP contribution in [0.5, 0.6) is 0 Å². The van der Waals surface area contributed by atoms with Gasteiger partial charge in [0.1, 0.15) is 11.6 Å². The molecule has 0 aliphatic carbocycles. The van der Waals surface area contributed by atoms with Gasteiger partial charge in [-0.2, -0.15) is 0 Å². The number of ether oxygens (including phenoxy) is 2. The second-order valence-corrected chi connectivity index (χ2v) is 10.5. The first kappa shape index (κ1) is 27.9. The van der Waals surface area contributed by atoms with Crippen LogP contribution in [0, 0.1) is 11.7 Å². The normalized spacial score (nSPS) is 19.5. The number of rotatable bonds is 8. The highest BCUT2D eigenvalue weighted by Crippen LogP contribution is 2.30. The lowest BCUT2D eigenvalue weighted by atomic mass is 10.1. The zero-order chi connectivity index (χ0) is 28.9. The number of pyridine rings is 1. The molecule has 1 amide bonds. The average Bonchev–Trinajstić information content (AvgIpc) is 3.45. The Labute approximate surface area is 243 Å². The van der Waals surface area contributed by atoms with Gasteiger partial charge in [0.05, 0.1) is 54.9 Å². The Morgan fingerprint density at radius 1 is 1.00 bits per heavy atom. The summed E-state index contributed by atoms with van der Waals surface area (Å²) >= 11 is 0. The van der Waals surface area contributed by atoms with Crippen LogP contribution in [0.3, 0.4) is 0 Å². The van der Waals surface area contributed by atoms with E-state index in [0.717, 1.165) is 37.4 Å². The summed E-state index contributed by atoms with van der Waals surface area (Å²) in [5.74, 6) is 0.499. The number of piperazine rings is 1. The number of nitrogens with zero attached hydrogens (tertiary/aromatic N) is 6. The molecule has 0 unspecified atom stereocenters. The highest BCUT2D eigenvalue weighted by atomic mass is 19.1. The van der Waals surface area contributed by atoms with E-state index in [1.54, 1.807) is 30.6 Å². The number of carbonyl (C=O) groups excluding carboxylic acids is 1. The van der Waals surface area contributed by atoms with Crippen LogP contribution in [-0.4, -0.2) is 93.4 Å². The van der Waals surface area contributed by atoms with Crippen molar-refractivity contribution in [1.82, 2.24) is 34.7 Å². The molecular formula is C30H33FN8O3. The molecule has 2 saturated heterocycles.